The minimum Gasteiger partial charge on any atom is -0.495 e. The van der Waals surface area contributed by atoms with E-state index in [1.807, 2.05) is 29.2 Å². The lowest BCUT2D eigenvalue weighted by molar-refractivity contribution is -0.137. The Kier molecular flexibility index (Phi) is 6.89. The number of nitrogens with two attached hydrogens (primary N) is 1. The van der Waals surface area contributed by atoms with Crippen LogP contribution in [0.25, 0.3) is 0 Å². The SMILES string of the molecule is COc1ccccc1Nc1nc(N)nc(CN2CCN(c3ncc(C(F)(F)F)cc3Cl)CC2)n1. The van der Waals surface area contributed by atoms with E-state index in [1.165, 1.54) is 0 Å². The molecule has 1 aliphatic rings. The van der Waals surface area contributed by atoms with Crippen molar-refractivity contribution in [2.75, 3.05) is 49.2 Å². The zero-order valence-electron chi connectivity index (χ0n) is 18.2. The minimum absolute atomic E-state index is 0.0272. The number of aromatic nitrogens is 4. The number of nitrogens with one attached hydrogen (secondary N) is 1. The van der Waals surface area contributed by atoms with Crippen molar-refractivity contribution in [2.24, 2.45) is 0 Å². The molecule has 2 aromatic heterocycles. The van der Waals surface area contributed by atoms with Crippen molar-refractivity contribution < 1.29 is 17.9 Å². The predicted molar refractivity (Wildman–Crippen MR) is 122 cm³/mol. The van der Waals surface area contributed by atoms with Crippen molar-refractivity contribution in [3.05, 3.63) is 52.9 Å². The van der Waals surface area contributed by atoms with Gasteiger partial charge >= 0.3 is 6.18 Å². The van der Waals surface area contributed by atoms with E-state index in [-0.39, 0.29) is 11.0 Å². The van der Waals surface area contributed by atoms with Crippen LogP contribution in [-0.2, 0) is 12.7 Å². The van der Waals surface area contributed by atoms with E-state index in [1.54, 1.807) is 7.11 Å². The molecule has 0 unspecified atom stereocenters. The molecule has 0 atom stereocenters. The first-order valence-corrected chi connectivity index (χ1v) is 10.7. The molecule has 34 heavy (non-hydrogen) atoms. The van der Waals surface area contributed by atoms with Gasteiger partial charge in [0.2, 0.25) is 11.9 Å². The van der Waals surface area contributed by atoms with E-state index in [9.17, 15) is 13.2 Å². The maximum Gasteiger partial charge on any atom is 0.417 e. The molecule has 3 heterocycles. The van der Waals surface area contributed by atoms with Gasteiger partial charge in [-0.2, -0.15) is 28.1 Å². The van der Waals surface area contributed by atoms with Gasteiger partial charge in [-0.3, -0.25) is 4.90 Å². The van der Waals surface area contributed by atoms with Crippen LogP contribution in [0.4, 0.5) is 36.6 Å². The first-order chi connectivity index (χ1) is 16.2. The average Bonchev–Trinajstić information content (AvgIpc) is 2.79. The van der Waals surface area contributed by atoms with Crippen LogP contribution in [-0.4, -0.2) is 58.1 Å². The summed E-state index contributed by atoms with van der Waals surface area (Å²) in [5.74, 6) is 1.84. The van der Waals surface area contributed by atoms with Gasteiger partial charge in [0.25, 0.3) is 0 Å². The van der Waals surface area contributed by atoms with Gasteiger partial charge in [-0.15, -0.1) is 0 Å². The van der Waals surface area contributed by atoms with Gasteiger partial charge in [0.1, 0.15) is 17.4 Å². The molecule has 1 saturated heterocycles. The first kappa shape index (κ1) is 23.8. The van der Waals surface area contributed by atoms with Gasteiger partial charge in [0.15, 0.2) is 0 Å². The van der Waals surface area contributed by atoms with E-state index in [0.29, 0.717) is 61.8 Å². The van der Waals surface area contributed by atoms with Crippen molar-refractivity contribution in [1.82, 2.24) is 24.8 Å². The van der Waals surface area contributed by atoms with Crippen molar-refractivity contribution in [3.63, 3.8) is 0 Å². The van der Waals surface area contributed by atoms with Crippen LogP contribution >= 0.6 is 11.6 Å². The molecule has 0 radical (unpaired) electrons. The summed E-state index contributed by atoms with van der Waals surface area (Å²) >= 11 is 6.08. The molecule has 0 amide bonds. The molecule has 13 heteroatoms. The predicted octanol–water partition coefficient (Wildman–Crippen LogP) is 3.60. The second-order valence-corrected chi connectivity index (χ2v) is 7.96. The Morgan fingerprint density at radius 3 is 2.53 bits per heavy atom. The minimum atomic E-state index is -4.49. The Morgan fingerprint density at radius 1 is 1.12 bits per heavy atom. The molecule has 3 aromatic rings. The van der Waals surface area contributed by atoms with Crippen LogP contribution in [0.2, 0.25) is 5.02 Å². The number of pyridine rings is 1. The quantitative estimate of drug-likeness (QED) is 0.531. The number of alkyl halides is 3. The number of anilines is 4. The molecule has 0 spiro atoms. The third-order valence-corrected chi connectivity index (χ3v) is 5.52. The fraction of sp³-hybridized carbons (Fsp3) is 0.333. The Labute approximate surface area is 198 Å². The average molecular weight is 495 g/mol. The second kappa shape index (κ2) is 9.85. The summed E-state index contributed by atoms with van der Waals surface area (Å²) < 4.78 is 43.9. The summed E-state index contributed by atoms with van der Waals surface area (Å²) in [6, 6.07) is 8.25. The number of hydrogen-bond donors (Lipinski definition) is 2. The molecular weight excluding hydrogens is 473 g/mol. The van der Waals surface area contributed by atoms with Crippen molar-refractivity contribution in [3.8, 4) is 5.75 Å². The highest BCUT2D eigenvalue weighted by molar-refractivity contribution is 6.33. The lowest BCUT2D eigenvalue weighted by Gasteiger charge is -2.35. The fourth-order valence-corrected chi connectivity index (χ4v) is 3.86. The van der Waals surface area contributed by atoms with Crippen molar-refractivity contribution in [2.45, 2.75) is 12.7 Å². The lowest BCUT2D eigenvalue weighted by atomic mass is 10.2. The second-order valence-electron chi connectivity index (χ2n) is 7.55. The molecule has 180 valence electrons. The summed E-state index contributed by atoms with van der Waals surface area (Å²) in [7, 11) is 1.57. The molecule has 0 saturated carbocycles. The number of para-hydroxylation sites is 2. The third-order valence-electron chi connectivity index (χ3n) is 5.24. The Morgan fingerprint density at radius 2 is 1.85 bits per heavy atom. The van der Waals surface area contributed by atoms with Gasteiger partial charge < -0.3 is 20.7 Å². The maximum atomic E-state index is 12.9. The molecular formula is C21H22ClF3N8O. The summed E-state index contributed by atoms with van der Waals surface area (Å²) in [6.07, 6.45) is -3.68. The number of halogens is 4. The number of ether oxygens (including phenoxy) is 1. The van der Waals surface area contributed by atoms with Gasteiger partial charge in [-0.25, -0.2) is 4.98 Å². The molecule has 9 nitrogen and oxygen atoms in total. The van der Waals surface area contributed by atoms with Gasteiger partial charge in [-0.05, 0) is 18.2 Å². The zero-order valence-corrected chi connectivity index (χ0v) is 18.9. The van der Waals surface area contributed by atoms with Crippen LogP contribution in [0.15, 0.2) is 36.5 Å². The number of nitrogen functional groups attached to an aromatic ring is 1. The standard InChI is InChI=1S/C21H22ClF3N8O/c1-34-16-5-3-2-4-15(16)28-20-30-17(29-19(26)31-20)12-32-6-8-33(9-7-32)18-14(22)10-13(11-27-18)21(23,24)25/h2-5,10-11H,6-9,12H2,1H3,(H3,26,28,29,30,31). The Balaban J connectivity index is 1.40. The van der Waals surface area contributed by atoms with E-state index in [4.69, 9.17) is 22.1 Å². The molecule has 1 aromatic carbocycles. The monoisotopic (exact) mass is 494 g/mol. The number of piperazine rings is 1. The molecule has 4 rings (SSSR count). The molecule has 0 bridgehead atoms. The highest BCUT2D eigenvalue weighted by atomic mass is 35.5. The van der Waals surface area contributed by atoms with Crippen LogP contribution in [0.1, 0.15) is 11.4 Å². The molecule has 3 N–H and O–H groups in total. The highest BCUT2D eigenvalue weighted by Gasteiger charge is 2.32. The fourth-order valence-electron chi connectivity index (χ4n) is 3.57. The van der Waals surface area contributed by atoms with Crippen LogP contribution in [0.5, 0.6) is 5.75 Å². The smallest absolute Gasteiger partial charge is 0.417 e. The van der Waals surface area contributed by atoms with Gasteiger partial charge in [0, 0.05) is 32.4 Å². The summed E-state index contributed by atoms with van der Waals surface area (Å²) in [5, 5.41) is 3.07. The van der Waals surface area contributed by atoms with E-state index < -0.39 is 11.7 Å². The van der Waals surface area contributed by atoms with E-state index in [0.717, 1.165) is 12.3 Å². The lowest BCUT2D eigenvalue weighted by Crippen LogP contribution is -2.46. The maximum absolute atomic E-state index is 12.9. The number of hydrogen-bond acceptors (Lipinski definition) is 9. The molecule has 1 fully saturated rings. The number of methoxy groups -OCH3 is 1. The number of nitrogens with zero attached hydrogens (tertiary/aromatic N) is 6. The van der Waals surface area contributed by atoms with E-state index in [2.05, 4.69) is 30.2 Å². The van der Waals surface area contributed by atoms with Crippen molar-refractivity contribution in [1.29, 1.82) is 0 Å². The first-order valence-electron chi connectivity index (χ1n) is 10.3. The zero-order chi connectivity index (χ0) is 24.3. The van der Waals surface area contributed by atoms with Crippen LogP contribution in [0.3, 0.4) is 0 Å². The number of benzene rings is 1. The Hall–Kier alpha value is -3.38. The summed E-state index contributed by atoms with van der Waals surface area (Å²) in [4.78, 5) is 20.7. The third kappa shape index (κ3) is 5.57. The largest absolute Gasteiger partial charge is 0.495 e. The summed E-state index contributed by atoms with van der Waals surface area (Å²) in [6.45, 7) is 2.71. The van der Waals surface area contributed by atoms with Gasteiger partial charge in [0.05, 0.1) is 29.9 Å². The normalized spacial score (nSPS) is 14.8. The van der Waals surface area contributed by atoms with E-state index >= 15 is 0 Å². The van der Waals surface area contributed by atoms with Crippen LogP contribution in [0, 0.1) is 0 Å². The molecule has 1 aliphatic heterocycles. The van der Waals surface area contributed by atoms with Crippen LogP contribution < -0.4 is 20.7 Å². The summed E-state index contributed by atoms with van der Waals surface area (Å²) in [5.41, 5.74) is 5.70. The van der Waals surface area contributed by atoms with Crippen molar-refractivity contribution >= 4 is 35.0 Å². The Bertz CT molecular complexity index is 1160. The molecule has 0 aliphatic carbocycles. The topological polar surface area (TPSA) is 105 Å². The number of rotatable bonds is 6. The van der Waals surface area contributed by atoms with Gasteiger partial charge in [-0.1, -0.05) is 23.7 Å². The highest BCUT2D eigenvalue weighted by Crippen LogP contribution is 2.34.